The zero-order valence-electron chi connectivity index (χ0n) is 12.2. The molecular formula is C14H16F2N4O2S. The third kappa shape index (κ3) is 3.73. The molecule has 0 aromatic carbocycles. The Morgan fingerprint density at radius 3 is 3.00 bits per heavy atom. The lowest BCUT2D eigenvalue weighted by molar-refractivity contribution is 0.0690. The average molecular weight is 342 g/mol. The second kappa shape index (κ2) is 6.71. The van der Waals surface area contributed by atoms with E-state index in [4.69, 9.17) is 5.11 Å². The van der Waals surface area contributed by atoms with E-state index in [9.17, 15) is 13.6 Å². The Labute approximate surface area is 135 Å². The van der Waals surface area contributed by atoms with Gasteiger partial charge in [-0.2, -0.15) is 0 Å². The van der Waals surface area contributed by atoms with Crippen LogP contribution in [0.3, 0.4) is 0 Å². The summed E-state index contributed by atoms with van der Waals surface area (Å²) in [5.41, 5.74) is 0.00268. The van der Waals surface area contributed by atoms with Gasteiger partial charge in [0.1, 0.15) is 0 Å². The highest BCUT2D eigenvalue weighted by Gasteiger charge is 2.24. The fourth-order valence-corrected chi connectivity index (χ4v) is 3.68. The summed E-state index contributed by atoms with van der Waals surface area (Å²) in [6, 6.07) is 1.61. The van der Waals surface area contributed by atoms with Crippen LogP contribution in [0, 0.1) is 0 Å². The number of alkyl halides is 2. The number of nitrogens with zero attached hydrogens (tertiary/aromatic N) is 4. The number of hydrogen-bond donors (Lipinski definition) is 1. The molecule has 1 N–H and O–H groups in total. The van der Waals surface area contributed by atoms with Crippen LogP contribution in [0.25, 0.3) is 0 Å². The first-order valence-corrected chi connectivity index (χ1v) is 8.14. The maximum absolute atomic E-state index is 12.6. The SMILES string of the molecule is O=C(O)c1cn(C2CCCN(Cc3cc(C(F)F)cs3)C2)nn1. The summed E-state index contributed by atoms with van der Waals surface area (Å²) < 4.78 is 26.9. The molecule has 3 rings (SSSR count). The first kappa shape index (κ1) is 16.0. The van der Waals surface area contributed by atoms with E-state index in [1.807, 2.05) is 0 Å². The molecule has 3 heterocycles. The van der Waals surface area contributed by atoms with Crippen molar-refractivity contribution < 1.29 is 18.7 Å². The molecule has 1 fully saturated rings. The Kier molecular flexibility index (Phi) is 4.67. The molecule has 2 aromatic rings. The van der Waals surface area contributed by atoms with Crippen LogP contribution in [0.1, 0.15) is 46.2 Å². The number of carboxylic acid groups (broad SMARTS) is 1. The molecule has 0 saturated carbocycles. The van der Waals surface area contributed by atoms with Gasteiger partial charge in [-0.1, -0.05) is 5.21 Å². The Balaban J connectivity index is 1.64. The topological polar surface area (TPSA) is 71.2 Å². The highest BCUT2D eigenvalue weighted by molar-refractivity contribution is 7.10. The van der Waals surface area contributed by atoms with Crippen LogP contribution in [-0.4, -0.2) is 44.1 Å². The maximum Gasteiger partial charge on any atom is 0.358 e. The van der Waals surface area contributed by atoms with Gasteiger partial charge in [0.15, 0.2) is 5.69 Å². The zero-order valence-corrected chi connectivity index (χ0v) is 13.0. The van der Waals surface area contributed by atoms with Crippen LogP contribution in [0.2, 0.25) is 0 Å². The summed E-state index contributed by atoms with van der Waals surface area (Å²) in [6.45, 7) is 2.21. The van der Waals surface area contributed by atoms with Crippen molar-refractivity contribution in [3.8, 4) is 0 Å². The van der Waals surface area contributed by atoms with E-state index in [1.165, 1.54) is 22.9 Å². The van der Waals surface area contributed by atoms with Crippen molar-refractivity contribution in [2.45, 2.75) is 31.9 Å². The molecule has 1 unspecified atom stereocenters. The number of piperidine rings is 1. The quantitative estimate of drug-likeness (QED) is 0.905. The Bertz CT molecular complexity index is 688. The summed E-state index contributed by atoms with van der Waals surface area (Å²) in [5, 5.41) is 17.9. The fraction of sp³-hybridized carbons (Fsp3) is 0.500. The van der Waals surface area contributed by atoms with Crippen molar-refractivity contribution in [3.63, 3.8) is 0 Å². The van der Waals surface area contributed by atoms with Gasteiger partial charge in [0.25, 0.3) is 6.43 Å². The van der Waals surface area contributed by atoms with Crippen LogP contribution in [0.4, 0.5) is 8.78 Å². The number of thiophene rings is 1. The maximum atomic E-state index is 12.6. The van der Waals surface area contributed by atoms with Crippen LogP contribution in [-0.2, 0) is 6.54 Å². The average Bonchev–Trinajstić information content (AvgIpc) is 3.16. The van der Waals surface area contributed by atoms with E-state index in [2.05, 4.69) is 15.2 Å². The second-order valence-electron chi connectivity index (χ2n) is 5.57. The first-order valence-electron chi connectivity index (χ1n) is 7.26. The van der Waals surface area contributed by atoms with Crippen LogP contribution in [0.15, 0.2) is 17.6 Å². The largest absolute Gasteiger partial charge is 0.476 e. The molecule has 9 heteroatoms. The summed E-state index contributed by atoms with van der Waals surface area (Å²) >= 11 is 1.34. The summed E-state index contributed by atoms with van der Waals surface area (Å²) in [5.74, 6) is -1.10. The third-order valence-electron chi connectivity index (χ3n) is 3.89. The fourth-order valence-electron chi connectivity index (χ4n) is 2.76. The van der Waals surface area contributed by atoms with Crippen molar-refractivity contribution in [2.75, 3.05) is 13.1 Å². The molecule has 2 aromatic heterocycles. The molecule has 0 bridgehead atoms. The number of hydrogen-bond acceptors (Lipinski definition) is 5. The van der Waals surface area contributed by atoms with Gasteiger partial charge in [0, 0.05) is 23.5 Å². The van der Waals surface area contributed by atoms with Crippen LogP contribution in [0.5, 0.6) is 0 Å². The molecule has 0 aliphatic carbocycles. The number of halogens is 2. The van der Waals surface area contributed by atoms with Gasteiger partial charge in [-0.15, -0.1) is 16.4 Å². The van der Waals surface area contributed by atoms with Crippen molar-refractivity contribution in [1.82, 2.24) is 19.9 Å². The number of likely N-dealkylation sites (tertiary alicyclic amines) is 1. The minimum Gasteiger partial charge on any atom is -0.476 e. The Morgan fingerprint density at radius 1 is 1.52 bits per heavy atom. The van der Waals surface area contributed by atoms with E-state index in [1.54, 1.807) is 10.7 Å². The lowest BCUT2D eigenvalue weighted by atomic mass is 10.1. The van der Waals surface area contributed by atoms with E-state index in [0.29, 0.717) is 13.1 Å². The summed E-state index contributed by atoms with van der Waals surface area (Å²) in [4.78, 5) is 14.0. The highest BCUT2D eigenvalue weighted by Crippen LogP contribution is 2.27. The molecule has 6 nitrogen and oxygen atoms in total. The molecule has 1 saturated heterocycles. The number of carboxylic acids is 1. The number of aromatic nitrogens is 3. The van der Waals surface area contributed by atoms with Gasteiger partial charge in [0.2, 0.25) is 0 Å². The Morgan fingerprint density at radius 2 is 2.35 bits per heavy atom. The predicted molar refractivity (Wildman–Crippen MR) is 79.8 cm³/mol. The lowest BCUT2D eigenvalue weighted by Crippen LogP contribution is -2.36. The minimum atomic E-state index is -2.43. The molecule has 1 aliphatic rings. The van der Waals surface area contributed by atoms with E-state index in [-0.39, 0.29) is 17.3 Å². The lowest BCUT2D eigenvalue weighted by Gasteiger charge is -2.32. The number of rotatable bonds is 5. The predicted octanol–water partition coefficient (Wildman–Crippen LogP) is 2.81. The highest BCUT2D eigenvalue weighted by atomic mass is 32.1. The number of carbonyl (C=O) groups is 1. The third-order valence-corrected chi connectivity index (χ3v) is 4.83. The molecular weight excluding hydrogens is 326 g/mol. The first-order chi connectivity index (χ1) is 11.0. The summed E-state index contributed by atoms with van der Waals surface area (Å²) in [7, 11) is 0. The van der Waals surface area contributed by atoms with E-state index >= 15 is 0 Å². The zero-order chi connectivity index (χ0) is 16.4. The van der Waals surface area contributed by atoms with Gasteiger partial charge in [0.05, 0.1) is 12.2 Å². The molecule has 1 aliphatic heterocycles. The molecule has 0 spiro atoms. The normalized spacial score (nSPS) is 19.3. The molecule has 124 valence electrons. The molecule has 1 atom stereocenters. The smallest absolute Gasteiger partial charge is 0.358 e. The van der Waals surface area contributed by atoms with Crippen LogP contribution < -0.4 is 0 Å². The van der Waals surface area contributed by atoms with Gasteiger partial charge in [-0.05, 0) is 30.8 Å². The minimum absolute atomic E-state index is 0.0545. The van der Waals surface area contributed by atoms with Crippen molar-refractivity contribution in [2.24, 2.45) is 0 Å². The van der Waals surface area contributed by atoms with Crippen molar-refractivity contribution >= 4 is 17.3 Å². The molecule has 23 heavy (non-hydrogen) atoms. The van der Waals surface area contributed by atoms with Gasteiger partial charge < -0.3 is 5.11 Å². The van der Waals surface area contributed by atoms with Crippen molar-refractivity contribution in [3.05, 3.63) is 33.8 Å². The van der Waals surface area contributed by atoms with Gasteiger partial charge in [-0.3, -0.25) is 4.90 Å². The number of aromatic carboxylic acids is 1. The Hall–Kier alpha value is -1.87. The summed E-state index contributed by atoms with van der Waals surface area (Å²) in [6.07, 6.45) is 0.848. The van der Waals surface area contributed by atoms with E-state index in [0.717, 1.165) is 24.3 Å². The van der Waals surface area contributed by atoms with Crippen LogP contribution >= 0.6 is 11.3 Å². The molecule has 0 amide bonds. The standard InChI is InChI=1S/C14H16F2N4O2S/c15-13(16)9-4-11(23-8-9)6-19-3-1-2-10(5-19)20-7-12(14(21)22)17-18-20/h4,7-8,10,13H,1-3,5-6H2,(H,21,22). The van der Waals surface area contributed by atoms with E-state index < -0.39 is 12.4 Å². The van der Waals surface area contributed by atoms with Crippen molar-refractivity contribution in [1.29, 1.82) is 0 Å². The van der Waals surface area contributed by atoms with Gasteiger partial charge >= 0.3 is 5.97 Å². The van der Waals surface area contributed by atoms with Gasteiger partial charge in [-0.25, -0.2) is 18.3 Å². The second-order valence-corrected chi connectivity index (χ2v) is 6.56. The molecule has 0 radical (unpaired) electrons. The monoisotopic (exact) mass is 342 g/mol.